The maximum atomic E-state index is 12.5. The van der Waals surface area contributed by atoms with Crippen LogP contribution in [0.15, 0.2) is 18.2 Å². The Hall–Kier alpha value is -1.07. The van der Waals surface area contributed by atoms with Crippen LogP contribution in [-0.2, 0) is 10.9 Å². The molecule has 18 heavy (non-hydrogen) atoms. The standard InChI is InChI=1S/C13H18F3NO/c1-9-8-10(13(14,15)16)5-6-11(9)12(17)4-3-7-18-2/h5-6,8,12H,3-4,7,17H2,1-2H3. The highest BCUT2D eigenvalue weighted by atomic mass is 19.4. The minimum Gasteiger partial charge on any atom is -0.385 e. The molecule has 5 heteroatoms. The molecule has 1 aromatic carbocycles. The van der Waals surface area contributed by atoms with Gasteiger partial charge in [0.2, 0.25) is 0 Å². The quantitative estimate of drug-likeness (QED) is 0.824. The van der Waals surface area contributed by atoms with Crippen LogP contribution in [0.1, 0.15) is 35.6 Å². The molecule has 0 aliphatic rings. The minimum atomic E-state index is -4.30. The molecular weight excluding hydrogens is 243 g/mol. The van der Waals surface area contributed by atoms with Crippen LogP contribution in [0.2, 0.25) is 0 Å². The van der Waals surface area contributed by atoms with Crippen LogP contribution < -0.4 is 5.73 Å². The molecule has 0 saturated carbocycles. The minimum absolute atomic E-state index is 0.248. The lowest BCUT2D eigenvalue weighted by molar-refractivity contribution is -0.137. The summed E-state index contributed by atoms with van der Waals surface area (Å²) in [7, 11) is 1.61. The van der Waals surface area contributed by atoms with Crippen LogP contribution in [0.4, 0.5) is 13.2 Å². The Bertz CT molecular complexity index is 390. The van der Waals surface area contributed by atoms with Gasteiger partial charge in [0.1, 0.15) is 0 Å². The van der Waals surface area contributed by atoms with Gasteiger partial charge in [0.15, 0.2) is 0 Å². The maximum absolute atomic E-state index is 12.5. The lowest BCUT2D eigenvalue weighted by Crippen LogP contribution is -2.14. The topological polar surface area (TPSA) is 35.2 Å². The van der Waals surface area contributed by atoms with Crippen molar-refractivity contribution in [1.82, 2.24) is 0 Å². The van der Waals surface area contributed by atoms with Gasteiger partial charge in [-0.05, 0) is 43.0 Å². The van der Waals surface area contributed by atoms with Crippen LogP contribution in [-0.4, -0.2) is 13.7 Å². The van der Waals surface area contributed by atoms with Crippen molar-refractivity contribution in [2.24, 2.45) is 5.73 Å². The summed E-state index contributed by atoms with van der Waals surface area (Å²) in [6, 6.07) is 3.45. The highest BCUT2D eigenvalue weighted by Crippen LogP contribution is 2.31. The van der Waals surface area contributed by atoms with Gasteiger partial charge in [0, 0.05) is 19.8 Å². The van der Waals surface area contributed by atoms with E-state index in [-0.39, 0.29) is 6.04 Å². The molecule has 0 aliphatic carbocycles. The van der Waals surface area contributed by atoms with Crippen LogP contribution in [0.3, 0.4) is 0 Å². The van der Waals surface area contributed by atoms with Crippen LogP contribution in [0, 0.1) is 6.92 Å². The van der Waals surface area contributed by atoms with Gasteiger partial charge >= 0.3 is 6.18 Å². The van der Waals surface area contributed by atoms with E-state index in [1.807, 2.05) is 0 Å². The molecule has 0 saturated heterocycles. The fourth-order valence-corrected chi connectivity index (χ4v) is 1.87. The molecule has 2 N–H and O–H groups in total. The zero-order chi connectivity index (χ0) is 13.8. The smallest absolute Gasteiger partial charge is 0.385 e. The Morgan fingerprint density at radius 2 is 2.00 bits per heavy atom. The fraction of sp³-hybridized carbons (Fsp3) is 0.538. The Balaban J connectivity index is 2.79. The SMILES string of the molecule is COCCCC(N)c1ccc(C(F)(F)F)cc1C. The first-order chi connectivity index (χ1) is 8.36. The zero-order valence-electron chi connectivity index (χ0n) is 10.6. The Kier molecular flexibility index (Phi) is 5.16. The number of halogens is 3. The van der Waals surface area contributed by atoms with E-state index in [0.717, 1.165) is 24.1 Å². The molecule has 2 nitrogen and oxygen atoms in total. The summed E-state index contributed by atoms with van der Waals surface area (Å²) in [4.78, 5) is 0. The number of rotatable bonds is 5. The number of aryl methyl sites for hydroxylation is 1. The Morgan fingerprint density at radius 3 is 2.50 bits per heavy atom. The average Bonchev–Trinajstić information content (AvgIpc) is 2.27. The van der Waals surface area contributed by atoms with E-state index < -0.39 is 11.7 Å². The lowest BCUT2D eigenvalue weighted by Gasteiger charge is -2.16. The maximum Gasteiger partial charge on any atom is 0.416 e. The summed E-state index contributed by atoms with van der Waals surface area (Å²) in [6.45, 7) is 2.26. The van der Waals surface area contributed by atoms with E-state index in [1.165, 1.54) is 6.07 Å². The molecule has 0 spiro atoms. The largest absolute Gasteiger partial charge is 0.416 e. The predicted octanol–water partition coefficient (Wildman–Crippen LogP) is 3.44. The van der Waals surface area contributed by atoms with E-state index in [0.29, 0.717) is 18.6 Å². The number of nitrogens with two attached hydrogens (primary N) is 1. The second-order valence-electron chi connectivity index (χ2n) is 4.31. The highest BCUT2D eigenvalue weighted by molar-refractivity contribution is 5.34. The van der Waals surface area contributed by atoms with E-state index >= 15 is 0 Å². The fourth-order valence-electron chi connectivity index (χ4n) is 1.87. The van der Waals surface area contributed by atoms with Gasteiger partial charge in [-0.25, -0.2) is 0 Å². The summed E-state index contributed by atoms with van der Waals surface area (Å²) < 4.78 is 42.4. The molecule has 0 aromatic heterocycles. The molecule has 1 aromatic rings. The third kappa shape index (κ3) is 3.99. The zero-order valence-corrected chi connectivity index (χ0v) is 10.6. The van der Waals surface area contributed by atoms with Gasteiger partial charge in [0.05, 0.1) is 5.56 Å². The number of methoxy groups -OCH3 is 1. The second kappa shape index (κ2) is 6.20. The molecular formula is C13H18F3NO. The normalized spacial score (nSPS) is 13.7. The van der Waals surface area contributed by atoms with Gasteiger partial charge < -0.3 is 10.5 Å². The second-order valence-corrected chi connectivity index (χ2v) is 4.31. The van der Waals surface area contributed by atoms with Crippen LogP contribution in [0.25, 0.3) is 0 Å². The molecule has 0 fully saturated rings. The number of ether oxygens (including phenoxy) is 1. The molecule has 1 unspecified atom stereocenters. The Morgan fingerprint density at radius 1 is 1.33 bits per heavy atom. The first kappa shape index (κ1) is 15.0. The van der Waals surface area contributed by atoms with E-state index in [2.05, 4.69) is 0 Å². The molecule has 0 radical (unpaired) electrons. The van der Waals surface area contributed by atoms with Gasteiger partial charge in [-0.1, -0.05) is 6.07 Å². The lowest BCUT2D eigenvalue weighted by atomic mass is 9.96. The number of hydrogen-bond donors (Lipinski definition) is 1. The average molecular weight is 261 g/mol. The third-order valence-electron chi connectivity index (χ3n) is 2.86. The molecule has 1 atom stereocenters. The number of benzene rings is 1. The van der Waals surface area contributed by atoms with Crippen molar-refractivity contribution < 1.29 is 17.9 Å². The molecule has 1 rings (SSSR count). The summed E-state index contributed by atoms with van der Waals surface area (Å²) in [5.74, 6) is 0. The third-order valence-corrected chi connectivity index (χ3v) is 2.86. The molecule has 0 amide bonds. The van der Waals surface area contributed by atoms with Crippen molar-refractivity contribution in [3.63, 3.8) is 0 Å². The van der Waals surface area contributed by atoms with Gasteiger partial charge in [0.25, 0.3) is 0 Å². The van der Waals surface area contributed by atoms with E-state index in [4.69, 9.17) is 10.5 Å². The van der Waals surface area contributed by atoms with Crippen molar-refractivity contribution in [2.75, 3.05) is 13.7 Å². The van der Waals surface area contributed by atoms with Crippen molar-refractivity contribution >= 4 is 0 Å². The van der Waals surface area contributed by atoms with Gasteiger partial charge in [-0.15, -0.1) is 0 Å². The molecule has 0 aliphatic heterocycles. The number of alkyl halides is 3. The first-order valence-corrected chi connectivity index (χ1v) is 5.78. The van der Waals surface area contributed by atoms with Crippen LogP contribution >= 0.6 is 0 Å². The van der Waals surface area contributed by atoms with Crippen molar-refractivity contribution in [2.45, 2.75) is 32.0 Å². The monoisotopic (exact) mass is 261 g/mol. The number of hydrogen-bond acceptors (Lipinski definition) is 2. The summed E-state index contributed by atoms with van der Waals surface area (Å²) in [5, 5.41) is 0. The molecule has 0 bridgehead atoms. The Labute approximate surface area is 105 Å². The summed E-state index contributed by atoms with van der Waals surface area (Å²) in [6.07, 6.45) is -2.82. The van der Waals surface area contributed by atoms with E-state index in [9.17, 15) is 13.2 Å². The van der Waals surface area contributed by atoms with Crippen LogP contribution in [0.5, 0.6) is 0 Å². The summed E-state index contributed by atoms with van der Waals surface area (Å²) in [5.41, 5.74) is 6.67. The summed E-state index contributed by atoms with van der Waals surface area (Å²) >= 11 is 0. The first-order valence-electron chi connectivity index (χ1n) is 5.78. The van der Waals surface area contributed by atoms with Gasteiger partial charge in [-0.2, -0.15) is 13.2 Å². The van der Waals surface area contributed by atoms with Crippen molar-refractivity contribution in [1.29, 1.82) is 0 Å². The highest BCUT2D eigenvalue weighted by Gasteiger charge is 2.30. The molecule has 102 valence electrons. The van der Waals surface area contributed by atoms with Crippen molar-refractivity contribution in [3.05, 3.63) is 34.9 Å². The predicted molar refractivity (Wildman–Crippen MR) is 64.2 cm³/mol. The van der Waals surface area contributed by atoms with Crippen molar-refractivity contribution in [3.8, 4) is 0 Å². The molecule has 0 heterocycles. The van der Waals surface area contributed by atoms with E-state index in [1.54, 1.807) is 14.0 Å². The van der Waals surface area contributed by atoms with Gasteiger partial charge in [-0.3, -0.25) is 0 Å².